The molecule has 2 aliphatic heterocycles. The van der Waals surface area contributed by atoms with Gasteiger partial charge < -0.3 is 9.47 Å². The van der Waals surface area contributed by atoms with Crippen molar-refractivity contribution in [3.63, 3.8) is 0 Å². The molecule has 0 saturated carbocycles. The topological polar surface area (TPSA) is 114 Å². The summed E-state index contributed by atoms with van der Waals surface area (Å²) in [4.78, 5) is 25.1. The Morgan fingerprint density at radius 3 is 2.28 bits per heavy atom. The molecule has 9 nitrogen and oxygen atoms in total. The van der Waals surface area contributed by atoms with Crippen LogP contribution in [0.1, 0.15) is 28.8 Å². The lowest BCUT2D eigenvalue weighted by Crippen LogP contribution is -2.48. The molecule has 2 amide bonds. The van der Waals surface area contributed by atoms with E-state index in [9.17, 15) is 18.0 Å². The zero-order chi connectivity index (χ0) is 22.7. The summed E-state index contributed by atoms with van der Waals surface area (Å²) in [6, 6.07) is 11.5. The van der Waals surface area contributed by atoms with Gasteiger partial charge in [0.15, 0.2) is 11.5 Å². The number of rotatable bonds is 4. The summed E-state index contributed by atoms with van der Waals surface area (Å²) in [5.74, 6) is -0.153. The van der Waals surface area contributed by atoms with E-state index in [2.05, 4.69) is 10.9 Å². The summed E-state index contributed by atoms with van der Waals surface area (Å²) >= 11 is 0. The number of hydrogen-bond donors (Lipinski definition) is 2. The van der Waals surface area contributed by atoms with Crippen LogP contribution in [-0.2, 0) is 14.8 Å². The Labute approximate surface area is 186 Å². The fourth-order valence-electron chi connectivity index (χ4n) is 3.69. The van der Waals surface area contributed by atoms with Crippen molar-refractivity contribution in [3.8, 4) is 11.5 Å². The van der Waals surface area contributed by atoms with Gasteiger partial charge >= 0.3 is 0 Å². The molecule has 2 aromatic carbocycles. The zero-order valence-corrected chi connectivity index (χ0v) is 18.5. The third-order valence-corrected chi connectivity index (χ3v) is 7.50. The van der Waals surface area contributed by atoms with Crippen LogP contribution in [0.5, 0.6) is 11.5 Å². The van der Waals surface area contributed by atoms with Crippen LogP contribution in [0.25, 0.3) is 0 Å². The first-order valence-electron chi connectivity index (χ1n) is 10.4. The van der Waals surface area contributed by atoms with Gasteiger partial charge in [-0.1, -0.05) is 17.7 Å². The van der Waals surface area contributed by atoms with Crippen molar-refractivity contribution < 1.29 is 27.5 Å². The van der Waals surface area contributed by atoms with Gasteiger partial charge in [-0.25, -0.2) is 8.42 Å². The van der Waals surface area contributed by atoms with Crippen LogP contribution in [0, 0.1) is 12.8 Å². The number of carbonyl (C=O) groups excluding carboxylic acids is 2. The molecule has 170 valence electrons. The lowest BCUT2D eigenvalue weighted by molar-refractivity contribution is -0.126. The lowest BCUT2D eigenvalue weighted by atomic mass is 9.98. The van der Waals surface area contributed by atoms with Crippen molar-refractivity contribution >= 4 is 21.8 Å². The molecule has 2 heterocycles. The molecule has 0 bridgehead atoms. The molecule has 0 aromatic heterocycles. The fraction of sp³-hybridized carbons (Fsp3) is 0.364. The number of aryl methyl sites for hydroxylation is 1. The summed E-state index contributed by atoms with van der Waals surface area (Å²) in [5, 5.41) is 0. The Bertz CT molecular complexity index is 1110. The summed E-state index contributed by atoms with van der Waals surface area (Å²) in [7, 11) is -3.59. The largest absolute Gasteiger partial charge is 0.486 e. The molecule has 2 N–H and O–H groups in total. The molecule has 4 rings (SSSR count). The minimum atomic E-state index is -3.59. The Kier molecular flexibility index (Phi) is 6.33. The number of fused-ring (bicyclic) bond motifs is 1. The second-order valence-corrected chi connectivity index (χ2v) is 9.73. The van der Waals surface area contributed by atoms with Gasteiger partial charge in [0.1, 0.15) is 13.2 Å². The molecule has 0 unspecified atom stereocenters. The van der Waals surface area contributed by atoms with E-state index in [1.165, 1.54) is 4.31 Å². The zero-order valence-electron chi connectivity index (χ0n) is 17.7. The number of nitrogens with one attached hydrogen (secondary N) is 2. The molecular weight excluding hydrogens is 434 g/mol. The van der Waals surface area contributed by atoms with E-state index in [0.717, 1.165) is 5.56 Å². The average molecular weight is 460 g/mol. The first-order chi connectivity index (χ1) is 15.3. The standard InChI is InChI=1S/C22H25N3O6S/c1-15-2-5-18(6-3-15)32(28,29)25-10-8-16(9-11-25)21(26)23-24-22(27)17-4-7-19-20(14-17)31-13-12-30-19/h2-7,14,16H,8-13H2,1H3,(H,23,26)(H,24,27). The Balaban J connectivity index is 1.29. The van der Waals surface area contributed by atoms with E-state index in [1.54, 1.807) is 42.5 Å². The number of sulfonamides is 1. The maximum Gasteiger partial charge on any atom is 0.269 e. The average Bonchev–Trinajstić information content (AvgIpc) is 2.82. The molecule has 2 aromatic rings. The molecule has 0 atom stereocenters. The van der Waals surface area contributed by atoms with Crippen LogP contribution in [0.15, 0.2) is 47.4 Å². The summed E-state index contributed by atoms with van der Waals surface area (Å²) in [6.07, 6.45) is 0.744. The highest BCUT2D eigenvalue weighted by atomic mass is 32.2. The van der Waals surface area contributed by atoms with Crippen LogP contribution in [0.3, 0.4) is 0 Å². The van der Waals surface area contributed by atoms with E-state index >= 15 is 0 Å². The normalized spacial score (nSPS) is 16.9. The van der Waals surface area contributed by atoms with Crippen LogP contribution in [0.2, 0.25) is 0 Å². The van der Waals surface area contributed by atoms with E-state index in [0.29, 0.717) is 43.1 Å². The lowest BCUT2D eigenvalue weighted by Gasteiger charge is -2.30. The summed E-state index contributed by atoms with van der Waals surface area (Å²) < 4.78 is 37.9. The predicted octanol–water partition coefficient (Wildman–Crippen LogP) is 1.63. The van der Waals surface area contributed by atoms with Gasteiger partial charge in [0, 0.05) is 24.6 Å². The van der Waals surface area contributed by atoms with Gasteiger partial charge in [-0.05, 0) is 50.1 Å². The minimum absolute atomic E-state index is 0.240. The number of piperidine rings is 1. The van der Waals surface area contributed by atoms with E-state index in [1.807, 2.05) is 6.92 Å². The smallest absolute Gasteiger partial charge is 0.269 e. The van der Waals surface area contributed by atoms with Gasteiger partial charge in [0.25, 0.3) is 5.91 Å². The van der Waals surface area contributed by atoms with Gasteiger partial charge in [-0.2, -0.15) is 4.31 Å². The molecule has 32 heavy (non-hydrogen) atoms. The van der Waals surface area contributed by atoms with Crippen molar-refractivity contribution in [2.75, 3.05) is 26.3 Å². The summed E-state index contributed by atoms with van der Waals surface area (Å²) in [6.45, 7) is 3.24. The maximum absolute atomic E-state index is 12.8. The first-order valence-corrected chi connectivity index (χ1v) is 11.9. The monoisotopic (exact) mass is 459 g/mol. The predicted molar refractivity (Wildman–Crippen MR) is 116 cm³/mol. The van der Waals surface area contributed by atoms with Crippen molar-refractivity contribution in [3.05, 3.63) is 53.6 Å². The van der Waals surface area contributed by atoms with E-state index in [-0.39, 0.29) is 29.8 Å². The van der Waals surface area contributed by atoms with E-state index < -0.39 is 15.9 Å². The highest BCUT2D eigenvalue weighted by Gasteiger charge is 2.32. The van der Waals surface area contributed by atoms with Gasteiger partial charge in [0.2, 0.25) is 15.9 Å². The number of carbonyl (C=O) groups is 2. The van der Waals surface area contributed by atoms with Crippen molar-refractivity contribution in [1.29, 1.82) is 0 Å². The first kappa shape index (κ1) is 22.1. The highest BCUT2D eigenvalue weighted by molar-refractivity contribution is 7.89. The highest BCUT2D eigenvalue weighted by Crippen LogP contribution is 2.30. The molecule has 10 heteroatoms. The second-order valence-electron chi connectivity index (χ2n) is 7.79. The van der Waals surface area contributed by atoms with Crippen LogP contribution in [-0.4, -0.2) is 50.8 Å². The van der Waals surface area contributed by atoms with Crippen LogP contribution >= 0.6 is 0 Å². The molecule has 0 radical (unpaired) electrons. The fourth-order valence-corrected chi connectivity index (χ4v) is 5.16. The molecule has 0 aliphatic carbocycles. The van der Waals surface area contributed by atoms with Gasteiger partial charge in [0.05, 0.1) is 4.90 Å². The number of hydrogen-bond acceptors (Lipinski definition) is 6. The van der Waals surface area contributed by atoms with E-state index in [4.69, 9.17) is 9.47 Å². The van der Waals surface area contributed by atoms with Crippen molar-refractivity contribution in [1.82, 2.24) is 15.2 Å². The number of amides is 2. The number of nitrogens with zero attached hydrogens (tertiary/aromatic N) is 1. The third-order valence-electron chi connectivity index (χ3n) is 5.59. The quantitative estimate of drug-likeness (QED) is 0.672. The van der Waals surface area contributed by atoms with Crippen molar-refractivity contribution in [2.24, 2.45) is 5.92 Å². The van der Waals surface area contributed by atoms with Crippen LogP contribution < -0.4 is 20.3 Å². The minimum Gasteiger partial charge on any atom is -0.486 e. The SMILES string of the molecule is Cc1ccc(S(=O)(=O)N2CCC(C(=O)NNC(=O)c3ccc4c(c3)OCCO4)CC2)cc1. The van der Waals surface area contributed by atoms with Crippen molar-refractivity contribution in [2.45, 2.75) is 24.7 Å². The second kappa shape index (κ2) is 9.17. The number of ether oxygens (including phenoxy) is 2. The van der Waals surface area contributed by atoms with Gasteiger partial charge in [-0.15, -0.1) is 0 Å². The Morgan fingerprint density at radius 1 is 0.938 bits per heavy atom. The maximum atomic E-state index is 12.8. The third kappa shape index (κ3) is 4.71. The summed E-state index contributed by atoms with van der Waals surface area (Å²) in [5.41, 5.74) is 6.16. The Hall–Kier alpha value is -3.11. The Morgan fingerprint density at radius 2 is 1.59 bits per heavy atom. The number of hydrazine groups is 1. The molecule has 0 spiro atoms. The molecule has 1 saturated heterocycles. The number of benzene rings is 2. The molecule has 1 fully saturated rings. The molecule has 2 aliphatic rings. The van der Waals surface area contributed by atoms with Gasteiger partial charge in [-0.3, -0.25) is 20.4 Å². The van der Waals surface area contributed by atoms with Crippen LogP contribution in [0.4, 0.5) is 0 Å². The molecular formula is C22H25N3O6S.